The van der Waals surface area contributed by atoms with Crippen LogP contribution in [0.4, 0.5) is 15.6 Å². The summed E-state index contributed by atoms with van der Waals surface area (Å²) in [5.41, 5.74) is 10.1. The molecule has 3 aromatic rings. The summed E-state index contributed by atoms with van der Waals surface area (Å²) in [6.45, 7) is 1.39. The summed E-state index contributed by atoms with van der Waals surface area (Å²) < 4.78 is 6.46. The number of carbonyl (C=O) groups is 1. The van der Waals surface area contributed by atoms with Gasteiger partial charge in [-0.1, -0.05) is 17.4 Å². The minimum absolute atomic E-state index is 0.0667. The van der Waals surface area contributed by atoms with E-state index >= 15 is 0 Å². The maximum atomic E-state index is 12.1. The van der Waals surface area contributed by atoms with Crippen LogP contribution >= 0.6 is 11.3 Å². The van der Waals surface area contributed by atoms with Gasteiger partial charge in [0.1, 0.15) is 0 Å². The van der Waals surface area contributed by atoms with E-state index in [1.165, 1.54) is 16.2 Å². The summed E-state index contributed by atoms with van der Waals surface area (Å²) in [5, 5.41) is 10.5. The highest BCUT2D eigenvalue weighted by molar-refractivity contribution is 7.22. The third-order valence-corrected chi connectivity index (χ3v) is 6.54. The SMILES string of the molecule is Nc1nc2ccc(-c3cnc4c(c3)N(C(=O)O)C(C3CCOCC3)C4)cc2s1. The number of ether oxygens (including phenoxy) is 1. The van der Waals surface area contributed by atoms with E-state index in [0.29, 0.717) is 36.4 Å². The lowest BCUT2D eigenvalue weighted by Crippen LogP contribution is -2.43. The normalized spacial score (nSPS) is 19.9. The molecular weight excluding hydrogens is 376 g/mol. The number of anilines is 2. The Morgan fingerprint density at radius 2 is 2.07 bits per heavy atom. The summed E-state index contributed by atoms with van der Waals surface area (Å²) >= 11 is 1.44. The van der Waals surface area contributed by atoms with Crippen LogP contribution < -0.4 is 10.6 Å². The summed E-state index contributed by atoms with van der Waals surface area (Å²) in [4.78, 5) is 22.5. The number of pyridine rings is 1. The molecule has 0 bridgehead atoms. The quantitative estimate of drug-likeness (QED) is 0.684. The Balaban J connectivity index is 1.52. The number of thiazole rings is 1. The standard InChI is InChI=1S/C20H20N4O3S/c21-19-23-14-2-1-12(8-18(14)28-19)13-7-17-15(22-10-13)9-16(24(17)20(25)26)11-3-5-27-6-4-11/h1-2,7-8,10-11,16H,3-6,9H2,(H2,21,23)(H,25,26). The minimum Gasteiger partial charge on any atom is -0.465 e. The molecule has 8 heteroatoms. The smallest absolute Gasteiger partial charge is 0.412 e. The number of carboxylic acid groups (broad SMARTS) is 1. The topological polar surface area (TPSA) is 102 Å². The van der Waals surface area contributed by atoms with E-state index in [9.17, 15) is 9.90 Å². The Labute approximate surface area is 165 Å². The molecule has 5 rings (SSSR count). The molecule has 0 spiro atoms. The van der Waals surface area contributed by atoms with Gasteiger partial charge in [-0.15, -0.1) is 0 Å². The molecule has 0 saturated carbocycles. The van der Waals surface area contributed by atoms with Gasteiger partial charge >= 0.3 is 6.09 Å². The Morgan fingerprint density at radius 3 is 2.86 bits per heavy atom. The van der Waals surface area contributed by atoms with E-state index in [2.05, 4.69) is 9.97 Å². The van der Waals surface area contributed by atoms with Crippen LogP contribution in [0.3, 0.4) is 0 Å². The monoisotopic (exact) mass is 396 g/mol. The Bertz CT molecular complexity index is 1060. The molecule has 1 saturated heterocycles. The van der Waals surface area contributed by atoms with Crippen LogP contribution in [0.5, 0.6) is 0 Å². The van der Waals surface area contributed by atoms with Crippen molar-refractivity contribution in [2.45, 2.75) is 25.3 Å². The predicted octanol–water partition coefficient (Wildman–Crippen LogP) is 3.78. The predicted molar refractivity (Wildman–Crippen MR) is 109 cm³/mol. The van der Waals surface area contributed by atoms with Crippen molar-refractivity contribution in [3.05, 3.63) is 36.2 Å². The lowest BCUT2D eigenvalue weighted by atomic mass is 9.90. The molecule has 28 heavy (non-hydrogen) atoms. The second-order valence-electron chi connectivity index (χ2n) is 7.30. The Hall–Kier alpha value is -2.71. The van der Waals surface area contributed by atoms with Crippen molar-refractivity contribution in [3.8, 4) is 11.1 Å². The second kappa shape index (κ2) is 6.72. The number of nitrogens with two attached hydrogens (primary N) is 1. The van der Waals surface area contributed by atoms with Gasteiger partial charge in [0, 0.05) is 37.4 Å². The van der Waals surface area contributed by atoms with Crippen molar-refractivity contribution >= 4 is 38.5 Å². The van der Waals surface area contributed by atoms with Gasteiger partial charge in [0.2, 0.25) is 0 Å². The van der Waals surface area contributed by atoms with Crippen LogP contribution in [0.15, 0.2) is 30.5 Å². The van der Waals surface area contributed by atoms with Crippen LogP contribution in [0.25, 0.3) is 21.3 Å². The molecule has 1 amide bonds. The summed E-state index contributed by atoms with van der Waals surface area (Å²) in [7, 11) is 0. The third-order valence-electron chi connectivity index (χ3n) is 5.70. The molecule has 2 aliphatic heterocycles. The van der Waals surface area contributed by atoms with Crippen LogP contribution in [-0.2, 0) is 11.2 Å². The molecule has 7 nitrogen and oxygen atoms in total. The summed E-state index contributed by atoms with van der Waals surface area (Å²) in [6.07, 6.45) is 3.35. The third kappa shape index (κ3) is 2.89. The highest BCUT2D eigenvalue weighted by Gasteiger charge is 2.40. The summed E-state index contributed by atoms with van der Waals surface area (Å²) in [5.74, 6) is 0.305. The van der Waals surface area contributed by atoms with Gasteiger partial charge < -0.3 is 15.6 Å². The number of aromatic nitrogens is 2. The van der Waals surface area contributed by atoms with Gasteiger partial charge in [-0.3, -0.25) is 9.88 Å². The van der Waals surface area contributed by atoms with Gasteiger partial charge in [0.15, 0.2) is 5.13 Å². The van der Waals surface area contributed by atoms with Gasteiger partial charge in [-0.05, 0) is 42.5 Å². The molecule has 1 aromatic carbocycles. The average Bonchev–Trinajstić information content (AvgIpc) is 3.26. The second-order valence-corrected chi connectivity index (χ2v) is 8.36. The van der Waals surface area contributed by atoms with Gasteiger partial charge in [-0.2, -0.15) is 0 Å². The highest BCUT2D eigenvalue weighted by atomic mass is 32.1. The average molecular weight is 396 g/mol. The largest absolute Gasteiger partial charge is 0.465 e. The fourth-order valence-corrected chi connectivity index (χ4v) is 5.09. The van der Waals surface area contributed by atoms with Gasteiger partial charge in [0.25, 0.3) is 0 Å². The summed E-state index contributed by atoms with van der Waals surface area (Å²) in [6, 6.07) is 7.82. The van der Waals surface area contributed by atoms with Crippen molar-refractivity contribution in [2.24, 2.45) is 5.92 Å². The maximum Gasteiger partial charge on any atom is 0.412 e. The first-order chi connectivity index (χ1) is 13.6. The zero-order chi connectivity index (χ0) is 19.3. The molecule has 3 N–H and O–H groups in total. The lowest BCUT2D eigenvalue weighted by Gasteiger charge is -2.32. The van der Waals surface area contributed by atoms with E-state index < -0.39 is 6.09 Å². The van der Waals surface area contributed by atoms with Crippen molar-refractivity contribution in [3.63, 3.8) is 0 Å². The molecule has 1 fully saturated rings. The first-order valence-corrected chi connectivity index (χ1v) is 10.2. The molecule has 1 unspecified atom stereocenters. The van der Waals surface area contributed by atoms with Crippen molar-refractivity contribution in [2.75, 3.05) is 23.8 Å². The molecule has 1 atom stereocenters. The van der Waals surface area contributed by atoms with E-state index in [4.69, 9.17) is 10.5 Å². The number of nitrogens with zero attached hydrogens (tertiary/aromatic N) is 3. The molecule has 4 heterocycles. The van der Waals surface area contributed by atoms with Gasteiger partial charge in [-0.25, -0.2) is 9.78 Å². The molecule has 2 aromatic heterocycles. The highest BCUT2D eigenvalue weighted by Crippen LogP contribution is 2.39. The van der Waals surface area contributed by atoms with E-state index in [0.717, 1.165) is 39.9 Å². The number of hydrogen-bond acceptors (Lipinski definition) is 6. The molecule has 144 valence electrons. The number of fused-ring (bicyclic) bond motifs is 2. The molecular formula is C20H20N4O3S. The lowest BCUT2D eigenvalue weighted by molar-refractivity contribution is 0.0581. The zero-order valence-corrected chi connectivity index (χ0v) is 16.0. The Kier molecular flexibility index (Phi) is 4.17. The van der Waals surface area contributed by atoms with Crippen LogP contribution in [0.2, 0.25) is 0 Å². The Morgan fingerprint density at radius 1 is 1.25 bits per heavy atom. The van der Waals surface area contributed by atoms with Crippen LogP contribution in [0, 0.1) is 5.92 Å². The van der Waals surface area contributed by atoms with Crippen molar-refractivity contribution < 1.29 is 14.6 Å². The van der Waals surface area contributed by atoms with Crippen LogP contribution in [0.1, 0.15) is 18.5 Å². The number of rotatable bonds is 2. The maximum absolute atomic E-state index is 12.1. The van der Waals surface area contributed by atoms with E-state index in [1.54, 1.807) is 0 Å². The van der Waals surface area contributed by atoms with Crippen molar-refractivity contribution in [1.82, 2.24) is 9.97 Å². The number of benzene rings is 1. The first kappa shape index (κ1) is 17.4. The number of nitrogen functional groups attached to an aromatic ring is 1. The number of amides is 1. The zero-order valence-electron chi connectivity index (χ0n) is 15.2. The first-order valence-electron chi connectivity index (χ1n) is 9.35. The minimum atomic E-state index is -0.917. The molecule has 2 aliphatic rings. The van der Waals surface area contributed by atoms with Crippen LogP contribution in [-0.4, -0.2) is 40.4 Å². The number of hydrogen-bond donors (Lipinski definition) is 2. The molecule has 0 aliphatic carbocycles. The molecule has 0 radical (unpaired) electrons. The fraction of sp³-hybridized carbons (Fsp3) is 0.350. The fourth-order valence-electron chi connectivity index (χ4n) is 4.32. The van der Waals surface area contributed by atoms with E-state index in [-0.39, 0.29) is 6.04 Å². The van der Waals surface area contributed by atoms with Crippen molar-refractivity contribution in [1.29, 1.82) is 0 Å². The van der Waals surface area contributed by atoms with Gasteiger partial charge in [0.05, 0.1) is 21.6 Å². The van der Waals surface area contributed by atoms with E-state index in [1.807, 2.05) is 30.5 Å².